The predicted molar refractivity (Wildman–Crippen MR) is 71.5 cm³/mol. The van der Waals surface area contributed by atoms with Gasteiger partial charge in [0.15, 0.2) is 0 Å². The van der Waals surface area contributed by atoms with Gasteiger partial charge in [0, 0.05) is 10.8 Å². The first-order chi connectivity index (χ1) is 9.13. The smallest absolute Gasteiger partial charge is 0.138 e. The lowest BCUT2D eigenvalue weighted by Crippen LogP contribution is -2.32. The van der Waals surface area contributed by atoms with E-state index in [2.05, 4.69) is 9.97 Å². The van der Waals surface area contributed by atoms with Crippen LogP contribution < -0.4 is 0 Å². The number of fused-ring (bicyclic) bond motifs is 1. The van der Waals surface area contributed by atoms with E-state index in [1.54, 1.807) is 0 Å². The molecule has 1 aliphatic heterocycles. The molecule has 0 bridgehead atoms. The van der Waals surface area contributed by atoms with Crippen molar-refractivity contribution >= 4 is 34.5 Å². The van der Waals surface area contributed by atoms with Crippen LogP contribution in [0.5, 0.6) is 0 Å². The van der Waals surface area contributed by atoms with Crippen LogP contribution in [0.3, 0.4) is 0 Å². The number of nitrogens with zero attached hydrogens (tertiary/aromatic N) is 1. The van der Waals surface area contributed by atoms with Crippen molar-refractivity contribution in [2.24, 2.45) is 0 Å². The average Bonchev–Trinajstić information content (AvgIpc) is 2.94. The fourth-order valence-corrected chi connectivity index (χ4v) is 3.61. The van der Waals surface area contributed by atoms with Crippen LogP contribution in [0, 0.1) is 4.64 Å². The molecule has 6 nitrogen and oxygen atoms in total. The van der Waals surface area contributed by atoms with Gasteiger partial charge in [0.25, 0.3) is 0 Å². The van der Waals surface area contributed by atoms with E-state index >= 15 is 0 Å². The van der Waals surface area contributed by atoms with Crippen molar-refractivity contribution in [2.45, 2.75) is 24.4 Å². The predicted octanol–water partition coefficient (Wildman–Crippen LogP) is 0.508. The Balaban J connectivity index is 2.06. The molecule has 2 aromatic rings. The molecule has 19 heavy (non-hydrogen) atoms. The number of aliphatic hydroxyl groups is 3. The number of rotatable bonds is 2. The van der Waals surface area contributed by atoms with Gasteiger partial charge in [-0.2, -0.15) is 0 Å². The van der Waals surface area contributed by atoms with Gasteiger partial charge in [0.1, 0.15) is 29.1 Å². The Hall–Kier alpha value is -0.900. The molecule has 3 heterocycles. The van der Waals surface area contributed by atoms with Crippen LogP contribution in [-0.2, 0) is 4.74 Å². The zero-order valence-corrected chi connectivity index (χ0v) is 11.3. The first-order valence-electron chi connectivity index (χ1n) is 5.70. The number of aliphatic hydroxyl groups excluding tert-OH is 3. The summed E-state index contributed by atoms with van der Waals surface area (Å²) in [6, 6.07) is 0. The summed E-state index contributed by atoms with van der Waals surface area (Å²) in [6.45, 7) is -0.338. The van der Waals surface area contributed by atoms with E-state index in [0.717, 1.165) is 15.8 Å². The van der Waals surface area contributed by atoms with Crippen molar-refractivity contribution in [2.75, 3.05) is 6.61 Å². The lowest BCUT2D eigenvalue weighted by Gasteiger charge is -2.13. The topological polar surface area (TPSA) is 98.6 Å². The maximum Gasteiger partial charge on any atom is 0.138 e. The van der Waals surface area contributed by atoms with Gasteiger partial charge < -0.3 is 25.0 Å². The normalized spacial score (nSPS) is 31.1. The summed E-state index contributed by atoms with van der Waals surface area (Å²) in [4.78, 5) is 7.71. The fraction of sp³-hybridized carbons (Fsp3) is 0.455. The Labute approximate surface area is 117 Å². The monoisotopic (exact) mass is 300 g/mol. The van der Waals surface area contributed by atoms with Crippen molar-refractivity contribution in [1.82, 2.24) is 9.97 Å². The zero-order valence-electron chi connectivity index (χ0n) is 9.68. The summed E-state index contributed by atoms with van der Waals surface area (Å²) in [5, 5.41) is 31.5. The molecule has 0 unspecified atom stereocenters. The van der Waals surface area contributed by atoms with Gasteiger partial charge in [-0.15, -0.1) is 11.3 Å². The van der Waals surface area contributed by atoms with Gasteiger partial charge in [-0.3, -0.25) is 0 Å². The molecule has 4 N–H and O–H groups in total. The number of aromatic nitrogens is 2. The van der Waals surface area contributed by atoms with Crippen molar-refractivity contribution < 1.29 is 20.1 Å². The minimum atomic E-state index is -1.10. The van der Waals surface area contributed by atoms with Gasteiger partial charge in [-0.25, -0.2) is 4.98 Å². The second-order valence-electron chi connectivity index (χ2n) is 4.36. The van der Waals surface area contributed by atoms with E-state index in [9.17, 15) is 10.2 Å². The number of ether oxygens (including phenoxy) is 1. The third-order valence-electron chi connectivity index (χ3n) is 3.24. The standard InChI is InChI=1S/C11H12N2O4S2/c14-1-5-7(15)8(16)9(17-5)10-6-4(2-19-10)11(18)13-3-12-6/h2-3,5,7-9,14-16H,1H2,(H,12,13,18)/t5-,7+,8+,9+/m1/s1. The minimum Gasteiger partial charge on any atom is -0.394 e. The van der Waals surface area contributed by atoms with E-state index in [4.69, 9.17) is 22.1 Å². The van der Waals surface area contributed by atoms with Crippen molar-refractivity contribution in [3.63, 3.8) is 0 Å². The van der Waals surface area contributed by atoms with E-state index in [1.807, 2.05) is 5.38 Å². The number of H-pyrrole nitrogens is 1. The van der Waals surface area contributed by atoms with E-state index in [0.29, 0.717) is 4.64 Å². The molecule has 0 aromatic carbocycles. The Morgan fingerprint density at radius 1 is 1.42 bits per heavy atom. The van der Waals surface area contributed by atoms with E-state index in [-0.39, 0.29) is 6.61 Å². The molecule has 1 aliphatic rings. The molecular formula is C11H12N2O4S2. The van der Waals surface area contributed by atoms with E-state index in [1.165, 1.54) is 17.7 Å². The van der Waals surface area contributed by atoms with Crippen molar-refractivity contribution in [3.8, 4) is 0 Å². The number of hydrogen-bond acceptors (Lipinski definition) is 7. The maximum atomic E-state index is 10.0. The summed E-state index contributed by atoms with van der Waals surface area (Å²) in [7, 11) is 0. The third kappa shape index (κ3) is 2.00. The zero-order chi connectivity index (χ0) is 13.6. The van der Waals surface area contributed by atoms with Crippen LogP contribution in [0.2, 0.25) is 0 Å². The molecule has 8 heteroatoms. The highest BCUT2D eigenvalue weighted by molar-refractivity contribution is 7.71. The van der Waals surface area contributed by atoms with Crippen molar-refractivity contribution in [3.05, 3.63) is 21.2 Å². The number of thiophene rings is 1. The number of aromatic amines is 1. The fourth-order valence-electron chi connectivity index (χ4n) is 2.23. The summed E-state index contributed by atoms with van der Waals surface area (Å²) in [5.74, 6) is 0. The first kappa shape index (κ1) is 13.1. The molecule has 0 radical (unpaired) electrons. The molecule has 0 aliphatic carbocycles. The summed E-state index contributed by atoms with van der Waals surface area (Å²) in [6.07, 6.45) is -2.14. The Morgan fingerprint density at radius 2 is 2.21 bits per heavy atom. The van der Waals surface area contributed by atoms with Gasteiger partial charge in [0.2, 0.25) is 0 Å². The van der Waals surface area contributed by atoms with Crippen LogP contribution in [0.4, 0.5) is 0 Å². The van der Waals surface area contributed by atoms with Crippen LogP contribution >= 0.6 is 23.6 Å². The Kier molecular flexibility index (Phi) is 3.37. The summed E-state index contributed by atoms with van der Waals surface area (Å²) in [5.41, 5.74) is 0.750. The summed E-state index contributed by atoms with van der Waals surface area (Å²) < 4.78 is 5.99. The molecule has 3 rings (SSSR count). The molecule has 4 atom stereocenters. The van der Waals surface area contributed by atoms with Gasteiger partial charge >= 0.3 is 0 Å². The second kappa shape index (κ2) is 4.89. The minimum absolute atomic E-state index is 0.338. The van der Waals surface area contributed by atoms with Crippen LogP contribution in [0.25, 0.3) is 10.9 Å². The van der Waals surface area contributed by atoms with Gasteiger partial charge in [-0.1, -0.05) is 12.2 Å². The highest BCUT2D eigenvalue weighted by Crippen LogP contribution is 2.39. The second-order valence-corrected chi connectivity index (χ2v) is 5.65. The Morgan fingerprint density at radius 3 is 2.89 bits per heavy atom. The SMILES string of the molecule is OC[C@H]1O[C@H](c2scc3c(=S)nc[nH]c23)[C@@H](O)[C@H]1O. The largest absolute Gasteiger partial charge is 0.394 e. The van der Waals surface area contributed by atoms with Gasteiger partial charge in [-0.05, 0) is 0 Å². The molecule has 102 valence electrons. The number of hydrogen-bond donors (Lipinski definition) is 4. The lowest BCUT2D eigenvalue weighted by molar-refractivity contribution is -0.0214. The van der Waals surface area contributed by atoms with Gasteiger partial charge in [0.05, 0.1) is 23.3 Å². The molecule has 1 saturated heterocycles. The first-order valence-corrected chi connectivity index (χ1v) is 6.99. The Bertz CT molecular complexity index is 655. The van der Waals surface area contributed by atoms with Crippen LogP contribution in [0.15, 0.2) is 11.7 Å². The van der Waals surface area contributed by atoms with Crippen LogP contribution in [0.1, 0.15) is 11.0 Å². The third-order valence-corrected chi connectivity index (χ3v) is 4.61. The molecule has 0 saturated carbocycles. The maximum absolute atomic E-state index is 10.0. The quantitative estimate of drug-likeness (QED) is 0.603. The lowest BCUT2D eigenvalue weighted by atomic mass is 10.1. The van der Waals surface area contributed by atoms with E-state index < -0.39 is 24.4 Å². The molecule has 2 aromatic heterocycles. The summed E-state index contributed by atoms with van der Waals surface area (Å²) >= 11 is 6.50. The van der Waals surface area contributed by atoms with Crippen LogP contribution in [-0.4, -0.2) is 50.2 Å². The highest BCUT2D eigenvalue weighted by atomic mass is 32.1. The molecule has 0 spiro atoms. The van der Waals surface area contributed by atoms with Crippen molar-refractivity contribution in [1.29, 1.82) is 0 Å². The average molecular weight is 300 g/mol. The molecular weight excluding hydrogens is 288 g/mol. The molecule has 1 fully saturated rings. The number of nitrogens with one attached hydrogen (secondary N) is 1. The molecule has 0 amide bonds. The highest BCUT2D eigenvalue weighted by Gasteiger charge is 2.44.